The number of carboxylic acid groups (broad SMARTS) is 1. The molecule has 1 fully saturated rings. The molecule has 1 aromatic rings. The second-order valence-electron chi connectivity index (χ2n) is 6.24. The molecule has 6 heteroatoms. The van der Waals surface area contributed by atoms with Gasteiger partial charge in [-0.15, -0.1) is 0 Å². The highest BCUT2D eigenvalue weighted by Crippen LogP contribution is 2.28. The normalized spacial score (nSPS) is 14.7. The van der Waals surface area contributed by atoms with E-state index in [0.717, 1.165) is 24.0 Å². The zero-order chi connectivity index (χ0) is 17.5. The Kier molecular flexibility index (Phi) is 6.35. The Morgan fingerprint density at radius 2 is 1.96 bits per heavy atom. The molecule has 0 radical (unpaired) electrons. The number of hydrogen-bond donors (Lipinski definition) is 3. The van der Waals surface area contributed by atoms with Crippen molar-refractivity contribution in [2.45, 2.75) is 45.1 Å². The van der Waals surface area contributed by atoms with Crippen LogP contribution in [-0.2, 0) is 14.4 Å². The van der Waals surface area contributed by atoms with Crippen LogP contribution in [0.3, 0.4) is 0 Å². The van der Waals surface area contributed by atoms with Gasteiger partial charge >= 0.3 is 5.97 Å². The Labute approximate surface area is 141 Å². The Bertz CT molecular complexity index is 611. The summed E-state index contributed by atoms with van der Waals surface area (Å²) in [4.78, 5) is 34.7. The molecule has 0 bridgehead atoms. The highest BCUT2D eigenvalue weighted by Gasteiger charge is 2.29. The summed E-state index contributed by atoms with van der Waals surface area (Å²) in [5.41, 5.74) is 1.76. The number of aryl methyl sites for hydroxylation is 1. The van der Waals surface area contributed by atoms with Crippen LogP contribution in [0.4, 0.5) is 0 Å². The van der Waals surface area contributed by atoms with E-state index in [9.17, 15) is 14.4 Å². The van der Waals surface area contributed by atoms with Gasteiger partial charge in [-0.1, -0.05) is 24.3 Å². The molecule has 1 unspecified atom stereocenters. The van der Waals surface area contributed by atoms with E-state index in [1.54, 1.807) is 0 Å². The third-order valence-corrected chi connectivity index (χ3v) is 4.11. The van der Waals surface area contributed by atoms with Gasteiger partial charge in [0.05, 0.1) is 12.5 Å². The van der Waals surface area contributed by atoms with Crippen molar-refractivity contribution in [1.29, 1.82) is 0 Å². The Morgan fingerprint density at radius 3 is 2.58 bits per heavy atom. The minimum Gasteiger partial charge on any atom is -0.481 e. The van der Waals surface area contributed by atoms with Crippen LogP contribution in [0.2, 0.25) is 0 Å². The lowest BCUT2D eigenvalue weighted by molar-refractivity contribution is -0.137. The van der Waals surface area contributed by atoms with E-state index < -0.39 is 12.0 Å². The molecule has 1 aliphatic rings. The minimum absolute atomic E-state index is 0.0686. The number of rotatable bonds is 9. The second kappa shape index (κ2) is 8.47. The summed E-state index contributed by atoms with van der Waals surface area (Å²) in [5.74, 6) is -0.927. The molecule has 6 nitrogen and oxygen atoms in total. The van der Waals surface area contributed by atoms with Gasteiger partial charge in [0.25, 0.3) is 0 Å². The van der Waals surface area contributed by atoms with Crippen LogP contribution in [0.5, 0.6) is 0 Å². The van der Waals surface area contributed by atoms with Crippen LogP contribution in [0.15, 0.2) is 24.3 Å². The molecule has 3 N–H and O–H groups in total. The number of hydrogen-bond acceptors (Lipinski definition) is 3. The van der Waals surface area contributed by atoms with Crippen molar-refractivity contribution in [3.05, 3.63) is 35.4 Å². The maximum atomic E-state index is 12.1. The summed E-state index contributed by atoms with van der Waals surface area (Å²) < 4.78 is 0. The van der Waals surface area contributed by atoms with Gasteiger partial charge in [0.2, 0.25) is 11.8 Å². The summed E-state index contributed by atoms with van der Waals surface area (Å²) in [6.07, 6.45) is 2.55. The summed E-state index contributed by atoms with van der Waals surface area (Å²) in [6.45, 7) is 2.36. The molecule has 0 saturated heterocycles. The van der Waals surface area contributed by atoms with Gasteiger partial charge in [0.15, 0.2) is 0 Å². The Morgan fingerprint density at radius 1 is 1.25 bits per heavy atom. The van der Waals surface area contributed by atoms with E-state index in [0.29, 0.717) is 13.0 Å². The molecule has 1 aliphatic carbocycles. The lowest BCUT2D eigenvalue weighted by atomic mass is 9.98. The number of aliphatic carboxylic acids is 1. The van der Waals surface area contributed by atoms with Gasteiger partial charge in [-0.25, -0.2) is 0 Å². The van der Waals surface area contributed by atoms with E-state index in [-0.39, 0.29) is 30.6 Å². The van der Waals surface area contributed by atoms with Crippen molar-refractivity contribution in [3.8, 4) is 0 Å². The maximum absolute atomic E-state index is 12.1. The molecule has 0 aliphatic heterocycles. The van der Waals surface area contributed by atoms with Crippen LogP contribution >= 0.6 is 0 Å². The molecule has 2 rings (SSSR count). The number of amides is 2. The summed E-state index contributed by atoms with van der Waals surface area (Å²) in [7, 11) is 0. The predicted octanol–water partition coefficient (Wildman–Crippen LogP) is 1.93. The first-order chi connectivity index (χ1) is 11.5. The first kappa shape index (κ1) is 18.0. The molecule has 1 atom stereocenters. The van der Waals surface area contributed by atoms with Crippen LogP contribution < -0.4 is 10.6 Å². The summed E-state index contributed by atoms with van der Waals surface area (Å²) >= 11 is 0. The van der Waals surface area contributed by atoms with Crippen molar-refractivity contribution in [3.63, 3.8) is 0 Å². The zero-order valence-corrected chi connectivity index (χ0v) is 13.9. The molecule has 2 amide bonds. The summed E-state index contributed by atoms with van der Waals surface area (Å²) in [5, 5.41) is 14.7. The maximum Gasteiger partial charge on any atom is 0.305 e. The molecule has 0 heterocycles. The Balaban J connectivity index is 1.82. The molecule has 24 heavy (non-hydrogen) atoms. The SMILES string of the molecule is Cc1ccccc1C(CC(=O)O)NC(=O)CCCNC(=O)C1CC1. The lowest BCUT2D eigenvalue weighted by Crippen LogP contribution is -2.32. The quantitative estimate of drug-likeness (QED) is 0.602. The third kappa shape index (κ3) is 5.68. The van der Waals surface area contributed by atoms with Crippen molar-refractivity contribution in [1.82, 2.24) is 10.6 Å². The third-order valence-electron chi connectivity index (χ3n) is 4.11. The zero-order valence-electron chi connectivity index (χ0n) is 13.9. The monoisotopic (exact) mass is 332 g/mol. The number of carbonyl (C=O) groups excluding carboxylic acids is 2. The van der Waals surface area contributed by atoms with Gasteiger partial charge in [0, 0.05) is 18.9 Å². The molecule has 0 aromatic heterocycles. The molecule has 130 valence electrons. The first-order valence-corrected chi connectivity index (χ1v) is 8.31. The average Bonchev–Trinajstić information content (AvgIpc) is 3.35. The van der Waals surface area contributed by atoms with Gasteiger partial charge < -0.3 is 15.7 Å². The van der Waals surface area contributed by atoms with Crippen molar-refractivity contribution < 1.29 is 19.5 Å². The van der Waals surface area contributed by atoms with Gasteiger partial charge in [-0.05, 0) is 37.3 Å². The number of carbonyl (C=O) groups is 3. The minimum atomic E-state index is -0.958. The van der Waals surface area contributed by atoms with Gasteiger partial charge in [0.1, 0.15) is 0 Å². The van der Waals surface area contributed by atoms with Crippen LogP contribution in [-0.4, -0.2) is 29.4 Å². The molecular weight excluding hydrogens is 308 g/mol. The fraction of sp³-hybridized carbons (Fsp3) is 0.500. The fourth-order valence-corrected chi connectivity index (χ4v) is 2.61. The van der Waals surface area contributed by atoms with Crippen LogP contribution in [0.1, 0.15) is 49.3 Å². The molecular formula is C18H24N2O4. The lowest BCUT2D eigenvalue weighted by Gasteiger charge is -2.19. The molecule has 1 saturated carbocycles. The second-order valence-corrected chi connectivity index (χ2v) is 6.24. The topological polar surface area (TPSA) is 95.5 Å². The van der Waals surface area contributed by atoms with Crippen molar-refractivity contribution in [2.24, 2.45) is 5.92 Å². The van der Waals surface area contributed by atoms with Crippen LogP contribution in [0, 0.1) is 12.8 Å². The smallest absolute Gasteiger partial charge is 0.305 e. The number of carboxylic acids is 1. The summed E-state index contributed by atoms with van der Waals surface area (Å²) in [6, 6.07) is 6.89. The van der Waals surface area contributed by atoms with E-state index in [1.807, 2.05) is 31.2 Å². The van der Waals surface area contributed by atoms with Crippen molar-refractivity contribution in [2.75, 3.05) is 6.54 Å². The van der Waals surface area contributed by atoms with E-state index in [1.165, 1.54) is 0 Å². The van der Waals surface area contributed by atoms with Gasteiger partial charge in [-0.2, -0.15) is 0 Å². The van der Waals surface area contributed by atoms with E-state index >= 15 is 0 Å². The van der Waals surface area contributed by atoms with E-state index in [4.69, 9.17) is 5.11 Å². The largest absolute Gasteiger partial charge is 0.481 e. The van der Waals surface area contributed by atoms with E-state index in [2.05, 4.69) is 10.6 Å². The molecule has 1 aromatic carbocycles. The van der Waals surface area contributed by atoms with Gasteiger partial charge in [-0.3, -0.25) is 14.4 Å². The Hall–Kier alpha value is -2.37. The standard InChI is InChI=1S/C18H24N2O4/c1-12-5-2-3-6-14(12)15(11-17(22)23)20-16(21)7-4-10-19-18(24)13-8-9-13/h2-3,5-6,13,15H,4,7-11H2,1H3,(H,19,24)(H,20,21)(H,22,23). The van der Waals surface area contributed by atoms with Crippen LogP contribution in [0.25, 0.3) is 0 Å². The number of nitrogens with one attached hydrogen (secondary N) is 2. The predicted molar refractivity (Wildman–Crippen MR) is 89.3 cm³/mol. The fourth-order valence-electron chi connectivity index (χ4n) is 2.61. The number of benzene rings is 1. The average molecular weight is 332 g/mol. The first-order valence-electron chi connectivity index (χ1n) is 8.31. The van der Waals surface area contributed by atoms with Crippen molar-refractivity contribution >= 4 is 17.8 Å². The highest BCUT2D eigenvalue weighted by atomic mass is 16.4. The highest BCUT2D eigenvalue weighted by molar-refractivity contribution is 5.81. The molecule has 0 spiro atoms.